The van der Waals surface area contributed by atoms with Crippen molar-refractivity contribution in [1.82, 2.24) is 4.98 Å². The van der Waals surface area contributed by atoms with Crippen molar-refractivity contribution in [2.24, 2.45) is 0 Å². The number of hydrogen-bond donors (Lipinski definition) is 2. The topological polar surface area (TPSA) is 76.2 Å². The Labute approximate surface area is 92.2 Å². The van der Waals surface area contributed by atoms with E-state index in [9.17, 15) is 13.6 Å². The van der Waals surface area contributed by atoms with Crippen molar-refractivity contribution < 1.29 is 18.7 Å². The van der Waals surface area contributed by atoms with Crippen LogP contribution < -0.4 is 5.73 Å². The predicted molar refractivity (Wildman–Crippen MR) is 52.6 cm³/mol. The number of carbonyl (C=O) groups is 1. The first-order valence-corrected chi connectivity index (χ1v) is 4.65. The highest BCUT2D eigenvalue weighted by molar-refractivity contribution is 9.10. The number of carboxylic acids is 1. The Kier molecular flexibility index (Phi) is 3.57. The normalized spacial score (nSPS) is 10.7. The third-order valence-electron chi connectivity index (χ3n) is 1.71. The number of nitrogens with zero attached hydrogens (tertiary/aromatic N) is 1. The number of alkyl halides is 2. The largest absolute Gasteiger partial charge is 0.481 e. The summed E-state index contributed by atoms with van der Waals surface area (Å²) in [6.45, 7) is 0. The summed E-state index contributed by atoms with van der Waals surface area (Å²) in [6.07, 6.45) is -2.20. The molecule has 0 unspecified atom stereocenters. The zero-order chi connectivity index (χ0) is 11.6. The summed E-state index contributed by atoms with van der Waals surface area (Å²) >= 11 is 2.94. The van der Waals surface area contributed by atoms with Gasteiger partial charge >= 0.3 is 5.97 Å². The van der Waals surface area contributed by atoms with Gasteiger partial charge in [-0.3, -0.25) is 9.78 Å². The standard InChI is InChI=1S/C8H7BrF2N2O2/c9-6-4(1-5(14)15)13-2-3(7(6)12)8(10)11/h2,8H,1H2,(H2,12,13)(H,14,15). The van der Waals surface area contributed by atoms with E-state index in [1.165, 1.54) is 0 Å². The van der Waals surface area contributed by atoms with Gasteiger partial charge in [-0.15, -0.1) is 0 Å². The Balaban J connectivity index is 3.15. The van der Waals surface area contributed by atoms with Crippen LogP contribution >= 0.6 is 15.9 Å². The minimum atomic E-state index is -2.73. The van der Waals surface area contributed by atoms with Crippen molar-refractivity contribution in [3.8, 4) is 0 Å². The highest BCUT2D eigenvalue weighted by Crippen LogP contribution is 2.32. The van der Waals surface area contributed by atoms with Crippen molar-refractivity contribution in [2.75, 3.05) is 5.73 Å². The fourth-order valence-electron chi connectivity index (χ4n) is 0.996. The number of carboxylic acid groups (broad SMARTS) is 1. The first-order valence-electron chi connectivity index (χ1n) is 3.86. The number of nitrogen functional groups attached to an aromatic ring is 1. The van der Waals surface area contributed by atoms with Crippen LogP contribution in [0, 0.1) is 0 Å². The Bertz CT molecular complexity index is 398. The number of anilines is 1. The van der Waals surface area contributed by atoms with Gasteiger partial charge in [0.15, 0.2) is 0 Å². The van der Waals surface area contributed by atoms with Crippen molar-refractivity contribution in [1.29, 1.82) is 0 Å². The van der Waals surface area contributed by atoms with Crippen molar-refractivity contribution in [3.63, 3.8) is 0 Å². The van der Waals surface area contributed by atoms with E-state index in [0.29, 0.717) is 0 Å². The van der Waals surface area contributed by atoms with Crippen LogP contribution in [0.1, 0.15) is 17.7 Å². The van der Waals surface area contributed by atoms with Crippen LogP contribution in [0.25, 0.3) is 0 Å². The second-order valence-electron chi connectivity index (χ2n) is 2.76. The van der Waals surface area contributed by atoms with E-state index in [1.54, 1.807) is 0 Å². The molecule has 0 amide bonds. The van der Waals surface area contributed by atoms with Gasteiger partial charge in [-0.2, -0.15) is 0 Å². The molecule has 3 N–H and O–H groups in total. The minimum Gasteiger partial charge on any atom is -0.481 e. The fraction of sp³-hybridized carbons (Fsp3) is 0.250. The second kappa shape index (κ2) is 4.52. The molecule has 0 aliphatic rings. The number of halogens is 3. The molecule has 0 aliphatic carbocycles. The zero-order valence-corrected chi connectivity index (χ0v) is 8.96. The van der Waals surface area contributed by atoms with Crippen LogP contribution in [-0.4, -0.2) is 16.1 Å². The zero-order valence-electron chi connectivity index (χ0n) is 7.38. The number of pyridine rings is 1. The van der Waals surface area contributed by atoms with Crippen LogP contribution in [0.4, 0.5) is 14.5 Å². The van der Waals surface area contributed by atoms with Crippen LogP contribution in [0.5, 0.6) is 0 Å². The van der Waals surface area contributed by atoms with Gasteiger partial charge in [0.2, 0.25) is 0 Å². The molecular weight excluding hydrogens is 274 g/mol. The van der Waals surface area contributed by atoms with Gasteiger partial charge in [0.05, 0.1) is 27.8 Å². The van der Waals surface area contributed by atoms with E-state index in [1.807, 2.05) is 0 Å². The maximum Gasteiger partial charge on any atom is 0.309 e. The van der Waals surface area contributed by atoms with Gasteiger partial charge in [0.25, 0.3) is 6.43 Å². The molecule has 7 heteroatoms. The summed E-state index contributed by atoms with van der Waals surface area (Å²) in [5.74, 6) is -1.10. The molecule has 0 saturated carbocycles. The van der Waals surface area contributed by atoms with Crippen molar-refractivity contribution >= 4 is 27.6 Å². The SMILES string of the molecule is Nc1c(C(F)F)cnc(CC(=O)O)c1Br. The molecule has 82 valence electrons. The predicted octanol–water partition coefficient (Wildman–Crippen LogP) is 1.99. The lowest BCUT2D eigenvalue weighted by molar-refractivity contribution is -0.136. The molecule has 0 spiro atoms. The van der Waals surface area contributed by atoms with Crippen LogP contribution in [0.2, 0.25) is 0 Å². The van der Waals surface area contributed by atoms with E-state index in [0.717, 1.165) is 6.20 Å². The van der Waals surface area contributed by atoms with Gasteiger partial charge in [0.1, 0.15) is 0 Å². The molecule has 0 fully saturated rings. The Morgan fingerprint density at radius 3 is 2.73 bits per heavy atom. The van der Waals surface area contributed by atoms with Crippen LogP contribution in [-0.2, 0) is 11.2 Å². The molecule has 1 rings (SSSR count). The third-order valence-corrected chi connectivity index (χ3v) is 2.60. The number of aromatic nitrogens is 1. The summed E-state index contributed by atoms with van der Waals surface area (Å²) < 4.78 is 24.8. The van der Waals surface area contributed by atoms with Gasteiger partial charge < -0.3 is 10.8 Å². The van der Waals surface area contributed by atoms with Crippen LogP contribution in [0.15, 0.2) is 10.7 Å². The van der Waals surface area contributed by atoms with E-state index in [2.05, 4.69) is 20.9 Å². The average Bonchev–Trinajstić information content (AvgIpc) is 2.12. The maximum atomic E-state index is 12.3. The highest BCUT2D eigenvalue weighted by atomic mass is 79.9. The van der Waals surface area contributed by atoms with Crippen molar-refractivity contribution in [3.05, 3.63) is 21.9 Å². The van der Waals surface area contributed by atoms with Crippen LogP contribution in [0.3, 0.4) is 0 Å². The minimum absolute atomic E-state index is 0.114. The third kappa shape index (κ3) is 2.62. The molecule has 1 heterocycles. The van der Waals surface area contributed by atoms with Gasteiger partial charge in [0, 0.05) is 6.20 Å². The molecule has 1 aromatic heterocycles. The quantitative estimate of drug-likeness (QED) is 0.888. The molecule has 0 bridgehead atoms. The molecule has 0 atom stereocenters. The molecule has 0 radical (unpaired) electrons. The van der Waals surface area contributed by atoms with Gasteiger partial charge in [-0.1, -0.05) is 0 Å². The molecule has 0 aliphatic heterocycles. The van der Waals surface area contributed by atoms with E-state index < -0.39 is 18.0 Å². The lowest BCUT2D eigenvalue weighted by atomic mass is 10.2. The molecule has 1 aromatic rings. The number of aliphatic carboxylic acids is 1. The molecule has 0 saturated heterocycles. The lowest BCUT2D eigenvalue weighted by Gasteiger charge is -2.08. The molecular formula is C8H7BrF2N2O2. The molecule has 4 nitrogen and oxygen atoms in total. The lowest BCUT2D eigenvalue weighted by Crippen LogP contribution is -2.07. The van der Waals surface area contributed by atoms with E-state index in [4.69, 9.17) is 10.8 Å². The van der Waals surface area contributed by atoms with Crippen molar-refractivity contribution in [2.45, 2.75) is 12.8 Å². The molecule has 15 heavy (non-hydrogen) atoms. The van der Waals surface area contributed by atoms with Gasteiger partial charge in [-0.25, -0.2) is 8.78 Å². The summed E-state index contributed by atoms with van der Waals surface area (Å²) in [5, 5.41) is 8.51. The summed E-state index contributed by atoms with van der Waals surface area (Å²) in [5.41, 5.74) is 4.95. The first kappa shape index (κ1) is 11.8. The van der Waals surface area contributed by atoms with E-state index >= 15 is 0 Å². The smallest absolute Gasteiger partial charge is 0.309 e. The second-order valence-corrected chi connectivity index (χ2v) is 3.55. The monoisotopic (exact) mass is 280 g/mol. The summed E-state index contributed by atoms with van der Waals surface area (Å²) in [4.78, 5) is 14.0. The molecule has 0 aromatic carbocycles. The number of rotatable bonds is 3. The summed E-state index contributed by atoms with van der Waals surface area (Å²) in [7, 11) is 0. The Morgan fingerprint density at radius 2 is 2.27 bits per heavy atom. The first-order chi connectivity index (χ1) is 6.93. The maximum absolute atomic E-state index is 12.3. The van der Waals surface area contributed by atoms with Gasteiger partial charge in [-0.05, 0) is 15.9 Å². The number of hydrogen-bond acceptors (Lipinski definition) is 3. The number of nitrogens with two attached hydrogens (primary N) is 1. The highest BCUT2D eigenvalue weighted by Gasteiger charge is 2.17. The van der Waals surface area contributed by atoms with E-state index in [-0.39, 0.29) is 22.3 Å². The average molecular weight is 281 g/mol. The fourth-order valence-corrected chi connectivity index (χ4v) is 1.47. The Hall–Kier alpha value is -1.24. The summed E-state index contributed by atoms with van der Waals surface area (Å²) in [6, 6.07) is 0. The Morgan fingerprint density at radius 1 is 1.67 bits per heavy atom.